The van der Waals surface area contributed by atoms with Crippen molar-refractivity contribution in [1.29, 1.82) is 0 Å². The molecular formula is C23H22N4O3. The van der Waals surface area contributed by atoms with Crippen molar-refractivity contribution < 1.29 is 14.6 Å². The predicted octanol–water partition coefficient (Wildman–Crippen LogP) is 4.86. The number of nitrogens with one attached hydrogen (secondary N) is 1. The van der Waals surface area contributed by atoms with Crippen LogP contribution in [0.5, 0.6) is 17.2 Å². The lowest BCUT2D eigenvalue weighted by Gasteiger charge is -2.10. The van der Waals surface area contributed by atoms with Gasteiger partial charge < -0.3 is 19.9 Å². The van der Waals surface area contributed by atoms with E-state index in [1.807, 2.05) is 56.3 Å². The fourth-order valence-electron chi connectivity index (χ4n) is 3.23. The molecule has 1 heterocycles. The molecule has 0 aliphatic carbocycles. The third-order valence-electron chi connectivity index (χ3n) is 4.63. The molecule has 0 amide bonds. The first-order chi connectivity index (χ1) is 14.6. The molecule has 3 aromatic carbocycles. The maximum Gasteiger partial charge on any atom is 0.247 e. The second-order valence-electron chi connectivity index (χ2n) is 6.80. The van der Waals surface area contributed by atoms with Gasteiger partial charge in [-0.25, -0.2) is 4.98 Å². The Hall–Kier alpha value is -3.87. The van der Waals surface area contributed by atoms with Crippen molar-refractivity contribution in [3.8, 4) is 28.4 Å². The molecule has 0 unspecified atom stereocenters. The Morgan fingerprint density at radius 1 is 0.933 bits per heavy atom. The molecule has 7 nitrogen and oxygen atoms in total. The molecule has 0 fully saturated rings. The van der Waals surface area contributed by atoms with Gasteiger partial charge in [0.25, 0.3) is 0 Å². The molecule has 1 aromatic heterocycles. The zero-order valence-corrected chi connectivity index (χ0v) is 17.0. The van der Waals surface area contributed by atoms with Gasteiger partial charge in [-0.05, 0) is 79.1 Å². The molecule has 152 valence electrons. The summed E-state index contributed by atoms with van der Waals surface area (Å²) in [6.45, 7) is 4.55. The van der Waals surface area contributed by atoms with Crippen molar-refractivity contribution in [2.75, 3.05) is 19.0 Å². The first-order valence-electron chi connectivity index (χ1n) is 9.59. The Bertz CT molecular complexity index is 1190. The molecule has 0 radical (unpaired) electrons. The van der Waals surface area contributed by atoms with E-state index in [2.05, 4.69) is 20.5 Å². The van der Waals surface area contributed by atoms with Gasteiger partial charge in [0.1, 0.15) is 22.8 Å². The third-order valence-corrected chi connectivity index (χ3v) is 4.63. The van der Waals surface area contributed by atoms with Crippen molar-refractivity contribution >= 4 is 22.7 Å². The molecule has 30 heavy (non-hydrogen) atoms. The zero-order chi connectivity index (χ0) is 21.1. The number of hydrogen-bond acceptors (Lipinski definition) is 7. The number of phenolic OH excluding ortho intramolecular Hbond substituents is 1. The quantitative estimate of drug-likeness (QED) is 0.476. The van der Waals surface area contributed by atoms with E-state index in [0.717, 1.165) is 33.6 Å². The van der Waals surface area contributed by atoms with Gasteiger partial charge in [-0.1, -0.05) is 0 Å². The number of aromatic hydroxyl groups is 1. The summed E-state index contributed by atoms with van der Waals surface area (Å²) in [5, 5.41) is 21.7. The molecule has 0 saturated carbocycles. The summed E-state index contributed by atoms with van der Waals surface area (Å²) in [5.41, 5.74) is 4.96. The SMILES string of the molecule is CCOc1ccc(Nc2nnc3cc(-c4cc(O)cc(OC)c4)cc(C)c3n2)cc1. The lowest BCUT2D eigenvalue weighted by atomic mass is 10.0. The lowest BCUT2D eigenvalue weighted by Crippen LogP contribution is -2.01. The van der Waals surface area contributed by atoms with Gasteiger partial charge in [0.05, 0.1) is 19.2 Å². The van der Waals surface area contributed by atoms with E-state index in [0.29, 0.717) is 23.8 Å². The van der Waals surface area contributed by atoms with Crippen LogP contribution in [0.15, 0.2) is 54.6 Å². The lowest BCUT2D eigenvalue weighted by molar-refractivity contribution is 0.340. The molecule has 0 spiro atoms. The van der Waals surface area contributed by atoms with Crippen LogP contribution in [0.25, 0.3) is 22.2 Å². The average molecular weight is 402 g/mol. The minimum atomic E-state index is 0.140. The molecule has 0 atom stereocenters. The molecule has 0 saturated heterocycles. The fraction of sp³-hybridized carbons (Fsp3) is 0.174. The van der Waals surface area contributed by atoms with Crippen LogP contribution in [0.1, 0.15) is 12.5 Å². The normalized spacial score (nSPS) is 10.8. The number of benzene rings is 3. The first kappa shape index (κ1) is 19.4. The van der Waals surface area contributed by atoms with Gasteiger partial charge in [-0.15, -0.1) is 10.2 Å². The monoisotopic (exact) mass is 402 g/mol. The van der Waals surface area contributed by atoms with Crippen molar-refractivity contribution in [2.24, 2.45) is 0 Å². The Balaban J connectivity index is 1.65. The topological polar surface area (TPSA) is 89.4 Å². The van der Waals surface area contributed by atoms with Gasteiger partial charge in [0.2, 0.25) is 5.95 Å². The molecule has 7 heteroatoms. The van der Waals surface area contributed by atoms with Gasteiger partial charge >= 0.3 is 0 Å². The summed E-state index contributed by atoms with van der Waals surface area (Å²) < 4.78 is 10.7. The van der Waals surface area contributed by atoms with Crippen LogP contribution >= 0.6 is 0 Å². The standard InChI is InChI=1S/C23H22N4O3/c1-4-30-19-7-5-17(6-8-19)24-23-25-22-14(2)9-15(12-21(22)26-27-23)16-10-18(28)13-20(11-16)29-3/h5-13,28H,4H2,1-3H3,(H,24,25,27). The Labute approximate surface area is 174 Å². The summed E-state index contributed by atoms with van der Waals surface area (Å²) in [5.74, 6) is 1.96. The van der Waals surface area contributed by atoms with E-state index >= 15 is 0 Å². The average Bonchev–Trinajstić information content (AvgIpc) is 2.75. The number of anilines is 2. The smallest absolute Gasteiger partial charge is 0.247 e. The van der Waals surface area contributed by atoms with Crippen LogP contribution in [0.4, 0.5) is 11.6 Å². The van der Waals surface area contributed by atoms with Gasteiger partial charge in [-0.3, -0.25) is 0 Å². The summed E-state index contributed by atoms with van der Waals surface area (Å²) in [4.78, 5) is 4.62. The molecule has 4 aromatic rings. The Kier molecular flexibility index (Phi) is 5.34. The van der Waals surface area contributed by atoms with Crippen LogP contribution in [-0.2, 0) is 0 Å². The van der Waals surface area contributed by atoms with Crippen molar-refractivity contribution in [1.82, 2.24) is 15.2 Å². The number of methoxy groups -OCH3 is 1. The molecule has 0 aliphatic rings. The van der Waals surface area contributed by atoms with Crippen LogP contribution in [0.2, 0.25) is 0 Å². The number of ether oxygens (including phenoxy) is 2. The van der Waals surface area contributed by atoms with Crippen LogP contribution in [0, 0.1) is 6.92 Å². The molecule has 0 aliphatic heterocycles. The van der Waals surface area contributed by atoms with E-state index in [1.54, 1.807) is 19.2 Å². The van der Waals surface area contributed by atoms with Crippen molar-refractivity contribution in [3.05, 3.63) is 60.2 Å². The summed E-state index contributed by atoms with van der Waals surface area (Å²) in [6, 6.07) is 16.6. The highest BCUT2D eigenvalue weighted by Crippen LogP contribution is 2.32. The molecule has 4 rings (SSSR count). The Morgan fingerprint density at radius 3 is 2.43 bits per heavy atom. The summed E-state index contributed by atoms with van der Waals surface area (Å²) in [7, 11) is 1.57. The van der Waals surface area contributed by atoms with Gasteiger partial charge in [-0.2, -0.15) is 0 Å². The van der Waals surface area contributed by atoms with Crippen LogP contribution in [-0.4, -0.2) is 34.0 Å². The number of nitrogens with zero attached hydrogens (tertiary/aromatic N) is 3. The molecule has 2 N–H and O–H groups in total. The van der Waals surface area contributed by atoms with Crippen LogP contribution in [0.3, 0.4) is 0 Å². The Morgan fingerprint density at radius 2 is 1.70 bits per heavy atom. The highest BCUT2D eigenvalue weighted by Gasteiger charge is 2.10. The maximum atomic E-state index is 9.96. The predicted molar refractivity (Wildman–Crippen MR) is 117 cm³/mol. The van der Waals surface area contributed by atoms with Crippen molar-refractivity contribution in [2.45, 2.75) is 13.8 Å². The largest absolute Gasteiger partial charge is 0.508 e. The number of fused-ring (bicyclic) bond motifs is 1. The second kappa shape index (κ2) is 8.24. The molecular weight excluding hydrogens is 380 g/mol. The van der Waals surface area contributed by atoms with Gasteiger partial charge in [0.15, 0.2) is 0 Å². The van der Waals surface area contributed by atoms with E-state index in [1.165, 1.54) is 0 Å². The minimum Gasteiger partial charge on any atom is -0.508 e. The van der Waals surface area contributed by atoms with Crippen LogP contribution < -0.4 is 14.8 Å². The van der Waals surface area contributed by atoms with E-state index in [4.69, 9.17) is 9.47 Å². The number of aromatic nitrogens is 3. The number of phenols is 1. The van der Waals surface area contributed by atoms with E-state index < -0.39 is 0 Å². The molecule has 0 bridgehead atoms. The highest BCUT2D eigenvalue weighted by molar-refractivity contribution is 5.85. The highest BCUT2D eigenvalue weighted by atomic mass is 16.5. The maximum absolute atomic E-state index is 9.96. The zero-order valence-electron chi connectivity index (χ0n) is 17.0. The summed E-state index contributed by atoms with van der Waals surface area (Å²) in [6.07, 6.45) is 0. The fourth-order valence-corrected chi connectivity index (χ4v) is 3.23. The first-order valence-corrected chi connectivity index (χ1v) is 9.59. The van der Waals surface area contributed by atoms with Crippen molar-refractivity contribution in [3.63, 3.8) is 0 Å². The number of aryl methyl sites for hydroxylation is 1. The summed E-state index contributed by atoms with van der Waals surface area (Å²) >= 11 is 0. The third kappa shape index (κ3) is 4.10. The van der Waals surface area contributed by atoms with Gasteiger partial charge in [0, 0.05) is 11.8 Å². The number of hydrogen-bond donors (Lipinski definition) is 2. The minimum absolute atomic E-state index is 0.140. The van der Waals surface area contributed by atoms with E-state index in [-0.39, 0.29) is 5.75 Å². The van der Waals surface area contributed by atoms with E-state index in [9.17, 15) is 5.11 Å². The second-order valence-corrected chi connectivity index (χ2v) is 6.80. The number of rotatable bonds is 6.